The fourth-order valence-corrected chi connectivity index (χ4v) is 1.16. The van der Waals surface area contributed by atoms with Crippen LogP contribution in [0.4, 0.5) is 5.69 Å². The molecule has 0 aromatic heterocycles. The van der Waals surface area contributed by atoms with E-state index in [4.69, 9.17) is 7.85 Å². The van der Waals surface area contributed by atoms with Gasteiger partial charge in [-0.05, 0) is 24.3 Å². The summed E-state index contributed by atoms with van der Waals surface area (Å²) in [6.07, 6.45) is 0.588. The Morgan fingerprint density at radius 2 is 1.94 bits per heavy atom. The molecule has 0 saturated carbocycles. The number of carbonyl (C=O) groups is 2. The predicted octanol–water partition coefficient (Wildman–Crippen LogP) is 1.39. The van der Waals surface area contributed by atoms with Gasteiger partial charge in [0.25, 0.3) is 0 Å². The van der Waals surface area contributed by atoms with E-state index in [-0.39, 0.29) is 12.3 Å². The quantitative estimate of drug-likeness (QED) is 0.612. The lowest BCUT2D eigenvalue weighted by molar-refractivity contribution is -0.115. The first-order chi connectivity index (χ1) is 7.67. The summed E-state index contributed by atoms with van der Waals surface area (Å²) in [7, 11) is 6.56. The van der Waals surface area contributed by atoms with Crippen LogP contribution in [-0.4, -0.2) is 26.8 Å². The van der Waals surface area contributed by atoms with Crippen molar-refractivity contribution >= 4 is 25.4 Å². The zero-order chi connectivity index (χ0) is 12.0. The molecule has 0 atom stereocenters. The summed E-state index contributed by atoms with van der Waals surface area (Å²) in [6.45, 7) is 0. The van der Waals surface area contributed by atoms with Crippen LogP contribution in [0.5, 0.6) is 0 Å². The first kappa shape index (κ1) is 12.3. The third-order valence-corrected chi connectivity index (χ3v) is 1.96. The van der Waals surface area contributed by atoms with Gasteiger partial charge in [0.05, 0.1) is 20.5 Å². The van der Waals surface area contributed by atoms with Crippen molar-refractivity contribution < 1.29 is 14.3 Å². The molecule has 0 spiro atoms. The molecule has 0 saturated heterocycles. The number of anilines is 1. The first-order valence-electron chi connectivity index (χ1n) is 4.85. The van der Waals surface area contributed by atoms with Crippen molar-refractivity contribution in [1.29, 1.82) is 0 Å². The summed E-state index contributed by atoms with van der Waals surface area (Å²) in [5.74, 6) is -0.548. The third kappa shape index (κ3) is 3.42. The second-order valence-corrected chi connectivity index (χ2v) is 3.16. The summed E-state index contributed by atoms with van der Waals surface area (Å²) in [6, 6.07) is 6.45. The fraction of sp³-hybridized carbons (Fsp3) is 0.273. The van der Waals surface area contributed by atoms with Crippen molar-refractivity contribution in [2.45, 2.75) is 12.7 Å². The predicted molar refractivity (Wildman–Crippen MR) is 61.6 cm³/mol. The molecule has 0 aliphatic carbocycles. The van der Waals surface area contributed by atoms with E-state index < -0.39 is 5.97 Å². The maximum Gasteiger partial charge on any atom is 0.337 e. The Hall–Kier alpha value is -1.78. The standard InChI is InChI=1S/C11H12BNO3/c1-16-11(15)8-2-4-9(5-3-8)13-10(14)6-7-12/h2-5H,6-7H2,1H3,(H,13,14). The Morgan fingerprint density at radius 1 is 1.31 bits per heavy atom. The van der Waals surface area contributed by atoms with Crippen molar-refractivity contribution in [3.63, 3.8) is 0 Å². The van der Waals surface area contributed by atoms with Crippen LogP contribution < -0.4 is 5.32 Å². The number of amides is 1. The van der Waals surface area contributed by atoms with Crippen molar-refractivity contribution in [3.8, 4) is 0 Å². The topological polar surface area (TPSA) is 55.4 Å². The Balaban J connectivity index is 2.64. The molecule has 1 rings (SSSR count). The van der Waals surface area contributed by atoms with Crippen LogP contribution in [0.1, 0.15) is 16.8 Å². The largest absolute Gasteiger partial charge is 0.465 e. The average molecular weight is 217 g/mol. The molecule has 1 N–H and O–H groups in total. The lowest BCUT2D eigenvalue weighted by Crippen LogP contribution is -2.11. The maximum absolute atomic E-state index is 11.2. The zero-order valence-corrected chi connectivity index (χ0v) is 9.03. The average Bonchev–Trinajstić information content (AvgIpc) is 2.29. The minimum Gasteiger partial charge on any atom is -0.465 e. The van der Waals surface area contributed by atoms with Gasteiger partial charge >= 0.3 is 5.97 Å². The number of hydrogen-bond acceptors (Lipinski definition) is 3. The molecule has 5 heteroatoms. The number of esters is 1. The molecule has 0 fully saturated rings. The first-order valence-corrected chi connectivity index (χ1v) is 4.85. The number of benzene rings is 1. The molecule has 0 aliphatic rings. The van der Waals surface area contributed by atoms with E-state index in [2.05, 4.69) is 10.1 Å². The van der Waals surface area contributed by atoms with Gasteiger partial charge in [-0.1, -0.05) is 6.32 Å². The zero-order valence-electron chi connectivity index (χ0n) is 9.03. The summed E-state index contributed by atoms with van der Waals surface area (Å²) in [5.41, 5.74) is 1.07. The second kappa shape index (κ2) is 5.95. The van der Waals surface area contributed by atoms with Crippen LogP contribution in [-0.2, 0) is 9.53 Å². The molecule has 0 aliphatic heterocycles. The Kier molecular flexibility index (Phi) is 4.57. The normalized spacial score (nSPS) is 9.56. The molecule has 4 nitrogen and oxygen atoms in total. The van der Waals surface area contributed by atoms with Crippen molar-refractivity contribution in [3.05, 3.63) is 29.8 Å². The van der Waals surface area contributed by atoms with E-state index in [9.17, 15) is 9.59 Å². The van der Waals surface area contributed by atoms with Gasteiger partial charge in [0.1, 0.15) is 0 Å². The Morgan fingerprint density at radius 3 is 2.44 bits per heavy atom. The highest BCUT2D eigenvalue weighted by Crippen LogP contribution is 2.10. The van der Waals surface area contributed by atoms with Gasteiger partial charge in [0.15, 0.2) is 0 Å². The lowest BCUT2D eigenvalue weighted by Gasteiger charge is -2.05. The fourth-order valence-electron chi connectivity index (χ4n) is 1.16. The summed E-state index contributed by atoms with van der Waals surface area (Å²) < 4.78 is 4.55. The van der Waals surface area contributed by atoms with E-state index >= 15 is 0 Å². The Labute approximate surface area is 95.4 Å². The number of carbonyl (C=O) groups excluding carboxylic acids is 2. The molecule has 1 aromatic carbocycles. The second-order valence-electron chi connectivity index (χ2n) is 3.16. The van der Waals surface area contributed by atoms with Gasteiger partial charge in [-0.25, -0.2) is 4.79 Å². The highest BCUT2D eigenvalue weighted by Gasteiger charge is 2.05. The highest BCUT2D eigenvalue weighted by atomic mass is 16.5. The van der Waals surface area contributed by atoms with Gasteiger partial charge in [0.2, 0.25) is 5.91 Å². The summed E-state index contributed by atoms with van der Waals surface area (Å²) >= 11 is 0. The van der Waals surface area contributed by atoms with E-state index in [1.807, 2.05) is 0 Å². The van der Waals surface area contributed by atoms with Gasteiger partial charge in [-0.3, -0.25) is 4.79 Å². The van der Waals surface area contributed by atoms with Gasteiger partial charge in [-0.15, -0.1) is 0 Å². The van der Waals surface area contributed by atoms with E-state index in [0.717, 1.165) is 0 Å². The number of rotatable bonds is 4. The molecule has 2 radical (unpaired) electrons. The van der Waals surface area contributed by atoms with Gasteiger partial charge < -0.3 is 10.1 Å². The summed E-state index contributed by atoms with van der Waals surface area (Å²) in [5, 5.41) is 2.66. The number of hydrogen-bond donors (Lipinski definition) is 1. The van der Waals surface area contributed by atoms with E-state index in [1.54, 1.807) is 24.3 Å². The lowest BCUT2D eigenvalue weighted by atomic mass is 10.0. The van der Waals surface area contributed by atoms with E-state index in [0.29, 0.717) is 17.6 Å². The maximum atomic E-state index is 11.2. The van der Waals surface area contributed by atoms with Crippen molar-refractivity contribution in [2.24, 2.45) is 0 Å². The smallest absolute Gasteiger partial charge is 0.337 e. The molecule has 1 aromatic rings. The molecule has 0 heterocycles. The number of nitrogens with one attached hydrogen (secondary N) is 1. The molecular weight excluding hydrogens is 205 g/mol. The molecule has 16 heavy (non-hydrogen) atoms. The molecular formula is C11H12BNO3. The molecule has 1 amide bonds. The number of ether oxygens (including phenoxy) is 1. The van der Waals surface area contributed by atoms with E-state index in [1.165, 1.54) is 7.11 Å². The van der Waals surface area contributed by atoms with Crippen LogP contribution in [0.25, 0.3) is 0 Å². The minimum absolute atomic E-state index is 0.145. The third-order valence-electron chi connectivity index (χ3n) is 1.96. The SMILES string of the molecule is [B]CCC(=O)Nc1ccc(C(=O)OC)cc1. The van der Waals surface area contributed by atoms with Crippen LogP contribution in [0.3, 0.4) is 0 Å². The van der Waals surface area contributed by atoms with Crippen LogP contribution in [0.15, 0.2) is 24.3 Å². The van der Waals surface area contributed by atoms with Crippen molar-refractivity contribution in [2.75, 3.05) is 12.4 Å². The van der Waals surface area contributed by atoms with Gasteiger partial charge in [-0.2, -0.15) is 0 Å². The van der Waals surface area contributed by atoms with Crippen molar-refractivity contribution in [1.82, 2.24) is 0 Å². The number of methoxy groups -OCH3 is 1. The minimum atomic E-state index is -0.403. The monoisotopic (exact) mass is 217 g/mol. The highest BCUT2D eigenvalue weighted by molar-refractivity contribution is 6.10. The molecule has 0 bridgehead atoms. The van der Waals surface area contributed by atoms with Gasteiger partial charge in [0, 0.05) is 12.1 Å². The van der Waals surface area contributed by atoms with Crippen LogP contribution in [0.2, 0.25) is 6.32 Å². The molecule has 0 unspecified atom stereocenters. The summed E-state index contributed by atoms with van der Waals surface area (Å²) in [4.78, 5) is 22.3. The molecule has 82 valence electrons. The Bertz CT molecular complexity index is 375. The van der Waals surface area contributed by atoms with Crippen LogP contribution >= 0.6 is 0 Å². The van der Waals surface area contributed by atoms with Crippen LogP contribution in [0, 0.1) is 0 Å².